The zero-order valence-electron chi connectivity index (χ0n) is 10.6. The van der Waals surface area contributed by atoms with Crippen LogP contribution in [-0.2, 0) is 9.84 Å². The van der Waals surface area contributed by atoms with Crippen LogP contribution in [0.5, 0.6) is 17.2 Å². The fourth-order valence-corrected chi connectivity index (χ4v) is 1.64. The van der Waals surface area contributed by atoms with Gasteiger partial charge in [0.1, 0.15) is 0 Å². The van der Waals surface area contributed by atoms with Crippen LogP contribution in [0.15, 0.2) is 12.1 Å². The van der Waals surface area contributed by atoms with E-state index in [9.17, 15) is 8.42 Å². The Kier molecular flexibility index (Phi) is 4.45. The Morgan fingerprint density at radius 2 is 1.61 bits per heavy atom. The van der Waals surface area contributed by atoms with Gasteiger partial charge in [-0.1, -0.05) is 0 Å². The lowest BCUT2D eigenvalue weighted by atomic mass is 10.2. The SMILES string of the molecule is COc1ccc(C#CS(C)(=O)=O)c(OC)c1OC. The molecule has 1 rings (SSSR count). The number of hydrogen-bond acceptors (Lipinski definition) is 5. The highest BCUT2D eigenvalue weighted by Crippen LogP contribution is 2.39. The van der Waals surface area contributed by atoms with Crippen LogP contribution in [-0.4, -0.2) is 36.0 Å². The molecule has 0 atom stereocenters. The zero-order chi connectivity index (χ0) is 13.8. The predicted molar refractivity (Wildman–Crippen MR) is 67.8 cm³/mol. The van der Waals surface area contributed by atoms with Crippen molar-refractivity contribution >= 4 is 9.84 Å². The van der Waals surface area contributed by atoms with Crippen molar-refractivity contribution in [3.63, 3.8) is 0 Å². The van der Waals surface area contributed by atoms with E-state index >= 15 is 0 Å². The maximum atomic E-state index is 11.0. The van der Waals surface area contributed by atoms with Crippen LogP contribution in [0.2, 0.25) is 0 Å². The summed E-state index contributed by atoms with van der Waals surface area (Å²) < 4.78 is 37.5. The summed E-state index contributed by atoms with van der Waals surface area (Å²) in [5.74, 6) is 3.73. The predicted octanol–water partition coefficient (Wildman–Crippen LogP) is 1.07. The highest BCUT2D eigenvalue weighted by atomic mass is 32.2. The Balaban J connectivity index is 3.41. The molecule has 0 aliphatic rings. The summed E-state index contributed by atoms with van der Waals surface area (Å²) in [4.78, 5) is 0. The number of benzene rings is 1. The zero-order valence-corrected chi connectivity index (χ0v) is 11.4. The largest absolute Gasteiger partial charge is 0.493 e. The van der Waals surface area contributed by atoms with Gasteiger partial charge in [0.25, 0.3) is 0 Å². The quantitative estimate of drug-likeness (QED) is 0.769. The number of hydrogen-bond donors (Lipinski definition) is 0. The van der Waals surface area contributed by atoms with Crippen LogP contribution in [0, 0.1) is 11.2 Å². The molecule has 0 aliphatic carbocycles. The Hall–Kier alpha value is -1.87. The maximum absolute atomic E-state index is 11.0. The summed E-state index contributed by atoms with van der Waals surface area (Å²) in [6.45, 7) is 0. The van der Waals surface area contributed by atoms with Gasteiger partial charge in [-0.05, 0) is 18.1 Å². The molecule has 0 unspecified atom stereocenters. The molecule has 0 saturated carbocycles. The molecule has 0 amide bonds. The molecule has 0 spiro atoms. The molecule has 0 heterocycles. The number of methoxy groups -OCH3 is 3. The maximum Gasteiger partial charge on any atom is 0.214 e. The minimum atomic E-state index is -3.37. The second-order valence-corrected chi connectivity index (χ2v) is 5.13. The van der Waals surface area contributed by atoms with E-state index in [-0.39, 0.29) is 0 Å². The lowest BCUT2D eigenvalue weighted by molar-refractivity contribution is 0.324. The van der Waals surface area contributed by atoms with Crippen molar-refractivity contribution in [2.75, 3.05) is 27.6 Å². The third kappa shape index (κ3) is 3.31. The molecule has 5 nitrogen and oxygen atoms in total. The van der Waals surface area contributed by atoms with Gasteiger partial charge < -0.3 is 14.2 Å². The molecular weight excluding hydrogens is 256 g/mol. The smallest absolute Gasteiger partial charge is 0.214 e. The Morgan fingerprint density at radius 3 is 2.06 bits per heavy atom. The first-order valence-corrected chi connectivity index (χ1v) is 6.83. The fraction of sp³-hybridized carbons (Fsp3) is 0.333. The first-order valence-electron chi connectivity index (χ1n) is 4.94. The van der Waals surface area contributed by atoms with Crippen LogP contribution in [0.3, 0.4) is 0 Å². The van der Waals surface area contributed by atoms with Crippen molar-refractivity contribution < 1.29 is 22.6 Å². The van der Waals surface area contributed by atoms with Crippen LogP contribution in [0.1, 0.15) is 5.56 Å². The van der Waals surface area contributed by atoms with E-state index in [2.05, 4.69) is 11.2 Å². The van der Waals surface area contributed by atoms with Gasteiger partial charge in [0.15, 0.2) is 11.5 Å². The highest BCUT2D eigenvalue weighted by Gasteiger charge is 2.14. The molecule has 0 saturated heterocycles. The van der Waals surface area contributed by atoms with Crippen molar-refractivity contribution in [1.29, 1.82) is 0 Å². The van der Waals surface area contributed by atoms with Gasteiger partial charge in [0.05, 0.1) is 33.1 Å². The molecule has 0 fully saturated rings. The van der Waals surface area contributed by atoms with E-state index in [1.165, 1.54) is 21.3 Å². The topological polar surface area (TPSA) is 61.8 Å². The second-order valence-electron chi connectivity index (χ2n) is 3.38. The molecule has 0 aliphatic heterocycles. The summed E-state index contributed by atoms with van der Waals surface area (Å²) >= 11 is 0. The van der Waals surface area contributed by atoms with Crippen LogP contribution in [0.4, 0.5) is 0 Å². The summed E-state index contributed by atoms with van der Waals surface area (Å²) in [6.07, 6.45) is 1.03. The van der Waals surface area contributed by atoms with Crippen LogP contribution < -0.4 is 14.2 Å². The van der Waals surface area contributed by atoms with Crippen molar-refractivity contribution in [3.05, 3.63) is 17.7 Å². The summed E-state index contributed by atoms with van der Waals surface area (Å²) in [5, 5.41) is 2.15. The third-order valence-electron chi connectivity index (χ3n) is 2.08. The Labute approximate surface area is 107 Å². The van der Waals surface area contributed by atoms with E-state index in [1.54, 1.807) is 12.1 Å². The molecule has 0 radical (unpaired) electrons. The minimum Gasteiger partial charge on any atom is -0.493 e. The van der Waals surface area contributed by atoms with Gasteiger partial charge in [0, 0.05) is 5.25 Å². The van der Waals surface area contributed by atoms with E-state index in [1.807, 2.05) is 0 Å². The molecule has 0 bridgehead atoms. The van der Waals surface area contributed by atoms with Gasteiger partial charge in [-0.15, -0.1) is 0 Å². The summed E-state index contributed by atoms with van der Waals surface area (Å²) in [7, 11) is 1.04. The summed E-state index contributed by atoms with van der Waals surface area (Å²) in [6, 6.07) is 3.24. The van der Waals surface area contributed by atoms with E-state index in [4.69, 9.17) is 14.2 Å². The van der Waals surface area contributed by atoms with Crippen molar-refractivity contribution in [2.45, 2.75) is 0 Å². The molecular formula is C12H14O5S. The van der Waals surface area contributed by atoms with Crippen LogP contribution >= 0.6 is 0 Å². The lowest BCUT2D eigenvalue weighted by Gasteiger charge is -2.12. The molecule has 98 valence electrons. The number of rotatable bonds is 3. The van der Waals surface area contributed by atoms with Crippen molar-refractivity contribution in [2.24, 2.45) is 0 Å². The average Bonchev–Trinajstić information content (AvgIpc) is 2.33. The van der Waals surface area contributed by atoms with E-state index < -0.39 is 9.84 Å². The second kappa shape index (κ2) is 5.65. The van der Waals surface area contributed by atoms with E-state index in [0.29, 0.717) is 22.8 Å². The minimum absolute atomic E-state index is 0.341. The number of ether oxygens (including phenoxy) is 3. The number of sulfone groups is 1. The van der Waals surface area contributed by atoms with Gasteiger partial charge in [0.2, 0.25) is 15.6 Å². The van der Waals surface area contributed by atoms with E-state index in [0.717, 1.165) is 6.26 Å². The monoisotopic (exact) mass is 270 g/mol. The average molecular weight is 270 g/mol. The fourth-order valence-electron chi connectivity index (χ4n) is 1.35. The van der Waals surface area contributed by atoms with Gasteiger partial charge in [-0.3, -0.25) is 0 Å². The van der Waals surface area contributed by atoms with Crippen molar-refractivity contribution in [1.82, 2.24) is 0 Å². The first kappa shape index (κ1) is 14.2. The normalized spacial score (nSPS) is 10.2. The van der Waals surface area contributed by atoms with Crippen molar-refractivity contribution in [3.8, 4) is 28.4 Å². The standard InChI is InChI=1S/C12H14O5S/c1-15-10-6-5-9(7-8-18(4,13)14)11(16-2)12(10)17-3/h5-6H,1-4H3. The lowest BCUT2D eigenvalue weighted by Crippen LogP contribution is -1.97. The first-order chi connectivity index (χ1) is 8.42. The Bertz CT molecular complexity index is 593. The third-order valence-corrected chi connectivity index (χ3v) is 2.55. The molecule has 0 aromatic heterocycles. The molecule has 0 N–H and O–H groups in total. The Morgan fingerprint density at radius 1 is 1.00 bits per heavy atom. The van der Waals surface area contributed by atoms with Crippen LogP contribution in [0.25, 0.3) is 0 Å². The molecule has 1 aromatic carbocycles. The highest BCUT2D eigenvalue weighted by molar-refractivity contribution is 7.95. The molecule has 18 heavy (non-hydrogen) atoms. The molecule has 6 heteroatoms. The van der Waals surface area contributed by atoms with Gasteiger partial charge in [-0.25, -0.2) is 8.42 Å². The molecule has 1 aromatic rings. The van der Waals surface area contributed by atoms with Gasteiger partial charge in [-0.2, -0.15) is 0 Å². The van der Waals surface area contributed by atoms with Gasteiger partial charge >= 0.3 is 0 Å². The summed E-state index contributed by atoms with van der Waals surface area (Å²) in [5.41, 5.74) is 0.417.